The van der Waals surface area contributed by atoms with Crippen molar-refractivity contribution in [3.05, 3.63) is 0 Å². The van der Waals surface area contributed by atoms with Gasteiger partial charge in [-0.15, -0.1) is 0 Å². The van der Waals surface area contributed by atoms with Gasteiger partial charge in [0.1, 0.15) is 0 Å². The lowest BCUT2D eigenvalue weighted by Crippen LogP contribution is -2.16. The van der Waals surface area contributed by atoms with E-state index in [4.69, 9.17) is 5.11 Å². The summed E-state index contributed by atoms with van der Waals surface area (Å²) < 4.78 is 0. The van der Waals surface area contributed by atoms with Gasteiger partial charge in [-0.25, -0.2) is 0 Å². The van der Waals surface area contributed by atoms with Crippen molar-refractivity contribution in [2.75, 3.05) is 11.5 Å². The van der Waals surface area contributed by atoms with E-state index >= 15 is 0 Å². The maximum atomic E-state index is 10.7. The first-order valence-corrected chi connectivity index (χ1v) is 5.68. The Bertz CT molecular complexity index is 118. The zero-order valence-corrected chi connectivity index (χ0v) is 8.69. The average Bonchev–Trinajstić information content (AvgIpc) is 2.04. The summed E-state index contributed by atoms with van der Waals surface area (Å²) in [4.78, 5) is 10.7. The molecule has 0 fully saturated rings. The van der Waals surface area contributed by atoms with Crippen LogP contribution >= 0.6 is 11.8 Å². The van der Waals surface area contributed by atoms with Gasteiger partial charge >= 0.3 is 5.97 Å². The average molecular weight is 190 g/mol. The summed E-state index contributed by atoms with van der Waals surface area (Å²) in [5.74, 6) is 1.01. The summed E-state index contributed by atoms with van der Waals surface area (Å²) in [6.07, 6.45) is 2.95. The second-order valence-electron chi connectivity index (χ2n) is 2.84. The molecule has 0 aromatic carbocycles. The number of carboxylic acid groups (broad SMARTS) is 1. The Hall–Kier alpha value is -0.180. The topological polar surface area (TPSA) is 37.3 Å². The van der Waals surface area contributed by atoms with Gasteiger partial charge in [-0.3, -0.25) is 4.79 Å². The molecule has 12 heavy (non-hydrogen) atoms. The van der Waals surface area contributed by atoms with Crippen LogP contribution in [0.4, 0.5) is 0 Å². The molecular formula is C9H18O2S. The third-order valence-corrected chi connectivity index (χ3v) is 2.82. The molecule has 0 radical (unpaired) electrons. The molecule has 0 spiro atoms. The van der Waals surface area contributed by atoms with Crippen LogP contribution in [-0.4, -0.2) is 22.6 Å². The highest BCUT2D eigenvalue weighted by Gasteiger charge is 2.15. The van der Waals surface area contributed by atoms with Gasteiger partial charge in [0.25, 0.3) is 0 Å². The van der Waals surface area contributed by atoms with E-state index in [2.05, 4.69) is 13.8 Å². The Morgan fingerprint density at radius 3 is 2.58 bits per heavy atom. The SMILES string of the molecule is CCCCC(CSCC)C(=O)O. The van der Waals surface area contributed by atoms with Crippen LogP contribution in [0.2, 0.25) is 0 Å². The number of unbranched alkanes of at least 4 members (excludes halogenated alkanes) is 1. The van der Waals surface area contributed by atoms with Crippen LogP contribution in [0.5, 0.6) is 0 Å². The predicted octanol–water partition coefficient (Wildman–Crippen LogP) is 2.63. The molecule has 1 unspecified atom stereocenters. The third-order valence-electron chi connectivity index (χ3n) is 1.78. The van der Waals surface area contributed by atoms with Crippen molar-refractivity contribution in [2.45, 2.75) is 33.1 Å². The minimum absolute atomic E-state index is 0.130. The fourth-order valence-electron chi connectivity index (χ4n) is 0.989. The van der Waals surface area contributed by atoms with Crippen LogP contribution in [0.3, 0.4) is 0 Å². The lowest BCUT2D eigenvalue weighted by molar-refractivity contribution is -0.141. The largest absolute Gasteiger partial charge is 0.481 e. The Morgan fingerprint density at radius 1 is 1.50 bits per heavy atom. The summed E-state index contributed by atoms with van der Waals surface area (Å²) >= 11 is 1.71. The van der Waals surface area contributed by atoms with E-state index in [0.29, 0.717) is 0 Å². The highest BCUT2D eigenvalue weighted by atomic mass is 32.2. The van der Waals surface area contributed by atoms with Crippen LogP contribution in [0.25, 0.3) is 0 Å². The standard InChI is InChI=1S/C9H18O2S/c1-3-5-6-8(9(10)11)7-12-4-2/h8H,3-7H2,1-2H3,(H,10,11). The summed E-state index contributed by atoms with van der Waals surface area (Å²) in [5, 5.41) is 8.81. The number of carbonyl (C=O) groups is 1. The predicted molar refractivity (Wildman–Crippen MR) is 53.6 cm³/mol. The normalized spacial score (nSPS) is 12.8. The second kappa shape index (κ2) is 7.47. The van der Waals surface area contributed by atoms with E-state index in [1.165, 1.54) is 0 Å². The summed E-state index contributed by atoms with van der Waals surface area (Å²) in [7, 11) is 0. The zero-order valence-electron chi connectivity index (χ0n) is 7.88. The number of thioether (sulfide) groups is 1. The molecule has 2 nitrogen and oxygen atoms in total. The molecule has 0 aliphatic rings. The fourth-order valence-corrected chi connectivity index (χ4v) is 1.82. The van der Waals surface area contributed by atoms with Gasteiger partial charge in [0, 0.05) is 5.75 Å². The molecule has 1 N–H and O–H groups in total. The zero-order chi connectivity index (χ0) is 9.40. The molecular weight excluding hydrogens is 172 g/mol. The van der Waals surface area contributed by atoms with Crippen molar-refractivity contribution in [1.82, 2.24) is 0 Å². The number of aliphatic carboxylic acids is 1. The van der Waals surface area contributed by atoms with Crippen molar-refractivity contribution in [3.63, 3.8) is 0 Å². The molecule has 0 bridgehead atoms. The van der Waals surface area contributed by atoms with Crippen molar-refractivity contribution in [2.24, 2.45) is 5.92 Å². The lowest BCUT2D eigenvalue weighted by atomic mass is 10.1. The number of carboxylic acids is 1. The van der Waals surface area contributed by atoms with Gasteiger partial charge in [-0.05, 0) is 12.2 Å². The first-order valence-electron chi connectivity index (χ1n) is 4.52. The minimum atomic E-state index is -0.635. The highest BCUT2D eigenvalue weighted by molar-refractivity contribution is 7.99. The van der Waals surface area contributed by atoms with Crippen LogP contribution in [-0.2, 0) is 4.79 Å². The molecule has 0 aliphatic heterocycles. The molecule has 0 saturated carbocycles. The smallest absolute Gasteiger partial charge is 0.307 e. The third kappa shape index (κ3) is 5.47. The highest BCUT2D eigenvalue weighted by Crippen LogP contribution is 2.15. The van der Waals surface area contributed by atoms with E-state index in [1.54, 1.807) is 11.8 Å². The maximum absolute atomic E-state index is 10.7. The van der Waals surface area contributed by atoms with Gasteiger partial charge in [0.05, 0.1) is 5.92 Å². The lowest BCUT2D eigenvalue weighted by Gasteiger charge is -2.09. The number of hydrogen-bond acceptors (Lipinski definition) is 2. The molecule has 0 amide bonds. The number of hydrogen-bond donors (Lipinski definition) is 1. The Labute approximate surface area is 78.7 Å². The minimum Gasteiger partial charge on any atom is -0.481 e. The summed E-state index contributed by atoms with van der Waals surface area (Å²) in [5.41, 5.74) is 0. The first kappa shape index (κ1) is 11.8. The molecule has 72 valence electrons. The van der Waals surface area contributed by atoms with Crippen molar-refractivity contribution < 1.29 is 9.90 Å². The van der Waals surface area contributed by atoms with E-state index in [0.717, 1.165) is 30.8 Å². The van der Waals surface area contributed by atoms with Crippen molar-refractivity contribution >= 4 is 17.7 Å². The van der Waals surface area contributed by atoms with Gasteiger partial charge in [-0.2, -0.15) is 11.8 Å². The van der Waals surface area contributed by atoms with Crippen LogP contribution in [0.1, 0.15) is 33.1 Å². The van der Waals surface area contributed by atoms with E-state index in [9.17, 15) is 4.79 Å². The molecule has 0 aliphatic carbocycles. The molecule has 0 saturated heterocycles. The molecule has 1 atom stereocenters. The number of rotatable bonds is 7. The molecule has 0 heterocycles. The van der Waals surface area contributed by atoms with Crippen molar-refractivity contribution in [3.8, 4) is 0 Å². The summed E-state index contributed by atoms with van der Waals surface area (Å²) in [6, 6.07) is 0. The van der Waals surface area contributed by atoms with Gasteiger partial charge in [0.15, 0.2) is 0 Å². The second-order valence-corrected chi connectivity index (χ2v) is 4.16. The molecule has 0 rings (SSSR count). The van der Waals surface area contributed by atoms with Gasteiger partial charge in [0.2, 0.25) is 0 Å². The summed E-state index contributed by atoms with van der Waals surface area (Å²) in [6.45, 7) is 4.15. The molecule has 0 aromatic rings. The Kier molecular flexibility index (Phi) is 7.36. The Morgan fingerprint density at radius 2 is 2.17 bits per heavy atom. The van der Waals surface area contributed by atoms with Crippen LogP contribution < -0.4 is 0 Å². The molecule has 0 aromatic heterocycles. The fraction of sp³-hybridized carbons (Fsp3) is 0.889. The molecule has 3 heteroatoms. The van der Waals surface area contributed by atoms with E-state index in [1.807, 2.05) is 0 Å². The first-order chi connectivity index (χ1) is 5.72. The van der Waals surface area contributed by atoms with Crippen molar-refractivity contribution in [1.29, 1.82) is 0 Å². The van der Waals surface area contributed by atoms with E-state index < -0.39 is 5.97 Å². The van der Waals surface area contributed by atoms with Gasteiger partial charge < -0.3 is 5.11 Å². The monoisotopic (exact) mass is 190 g/mol. The van der Waals surface area contributed by atoms with Crippen LogP contribution in [0.15, 0.2) is 0 Å². The maximum Gasteiger partial charge on any atom is 0.307 e. The van der Waals surface area contributed by atoms with E-state index in [-0.39, 0.29) is 5.92 Å². The van der Waals surface area contributed by atoms with Gasteiger partial charge in [-0.1, -0.05) is 26.7 Å². The van der Waals surface area contributed by atoms with Crippen LogP contribution in [0, 0.1) is 5.92 Å². The Balaban J connectivity index is 3.62. The quantitative estimate of drug-likeness (QED) is 0.670.